The van der Waals surface area contributed by atoms with Crippen LogP contribution in [0.3, 0.4) is 0 Å². The number of carbonyl (C=O) groups is 1. The molecule has 0 bridgehead atoms. The number of carboxylic acid groups (broad SMARTS) is 1. The highest BCUT2D eigenvalue weighted by Crippen LogP contribution is 2.24. The van der Waals surface area contributed by atoms with Crippen LogP contribution in [0.4, 0.5) is 11.4 Å². The van der Waals surface area contributed by atoms with Crippen LogP contribution in [0.2, 0.25) is 0 Å². The second-order valence-electron chi connectivity index (χ2n) is 3.75. The lowest BCUT2D eigenvalue weighted by Crippen LogP contribution is -2.29. The van der Waals surface area contributed by atoms with E-state index in [0.717, 1.165) is 6.42 Å². The molecule has 1 unspecified atom stereocenters. The van der Waals surface area contributed by atoms with Crippen LogP contribution >= 0.6 is 22.6 Å². The standard InChI is InChI=1S/C11H13IN2O4/c1-2-3-10(11(15)16)13-9-5-4-7(14(17)18)6-8(9)12/h4-6,10,13H,2-3H2,1H3,(H,15,16). The van der Waals surface area contributed by atoms with E-state index in [0.29, 0.717) is 15.7 Å². The van der Waals surface area contributed by atoms with Crippen molar-refractivity contribution >= 4 is 39.9 Å². The zero-order chi connectivity index (χ0) is 13.7. The number of aliphatic carboxylic acids is 1. The summed E-state index contributed by atoms with van der Waals surface area (Å²) in [6, 6.07) is 3.62. The van der Waals surface area contributed by atoms with E-state index >= 15 is 0 Å². The van der Waals surface area contributed by atoms with Gasteiger partial charge < -0.3 is 10.4 Å². The molecule has 98 valence electrons. The Balaban J connectivity index is 2.90. The summed E-state index contributed by atoms with van der Waals surface area (Å²) in [7, 11) is 0. The molecular weight excluding hydrogens is 351 g/mol. The van der Waals surface area contributed by atoms with Gasteiger partial charge in [-0.05, 0) is 35.1 Å². The molecule has 0 saturated heterocycles. The lowest BCUT2D eigenvalue weighted by molar-refractivity contribution is -0.384. The number of non-ortho nitro benzene ring substituents is 1. The normalized spacial score (nSPS) is 11.9. The van der Waals surface area contributed by atoms with E-state index < -0.39 is 16.9 Å². The first kappa shape index (κ1) is 14.7. The number of anilines is 1. The van der Waals surface area contributed by atoms with Crippen LogP contribution in [-0.4, -0.2) is 22.0 Å². The van der Waals surface area contributed by atoms with E-state index in [2.05, 4.69) is 5.32 Å². The van der Waals surface area contributed by atoms with Crippen LogP contribution in [0.1, 0.15) is 19.8 Å². The summed E-state index contributed by atoms with van der Waals surface area (Å²) < 4.78 is 0.629. The Morgan fingerprint density at radius 3 is 2.72 bits per heavy atom. The molecule has 0 aliphatic carbocycles. The largest absolute Gasteiger partial charge is 0.480 e. The van der Waals surface area contributed by atoms with Crippen LogP contribution in [-0.2, 0) is 4.79 Å². The molecule has 0 amide bonds. The zero-order valence-corrected chi connectivity index (χ0v) is 11.9. The molecule has 1 aromatic rings. The minimum atomic E-state index is -0.925. The topological polar surface area (TPSA) is 92.5 Å². The van der Waals surface area contributed by atoms with Gasteiger partial charge in [0.1, 0.15) is 6.04 Å². The summed E-state index contributed by atoms with van der Waals surface area (Å²) in [6.07, 6.45) is 1.25. The first-order valence-electron chi connectivity index (χ1n) is 5.39. The molecule has 0 spiro atoms. The smallest absolute Gasteiger partial charge is 0.326 e. The molecule has 0 aliphatic rings. The maximum absolute atomic E-state index is 11.0. The van der Waals surface area contributed by atoms with Gasteiger partial charge in [0, 0.05) is 21.4 Å². The highest BCUT2D eigenvalue weighted by molar-refractivity contribution is 14.1. The average molecular weight is 364 g/mol. The minimum absolute atomic E-state index is 0.00711. The molecule has 7 heteroatoms. The van der Waals surface area contributed by atoms with Gasteiger partial charge in [-0.3, -0.25) is 10.1 Å². The number of rotatable bonds is 6. The van der Waals surface area contributed by atoms with Crippen molar-refractivity contribution in [2.75, 3.05) is 5.32 Å². The quantitative estimate of drug-likeness (QED) is 0.460. The highest BCUT2D eigenvalue weighted by atomic mass is 127. The maximum atomic E-state index is 11.0. The molecular formula is C11H13IN2O4. The van der Waals surface area contributed by atoms with Gasteiger partial charge >= 0.3 is 5.97 Å². The number of nitrogens with one attached hydrogen (secondary N) is 1. The number of hydrogen-bond donors (Lipinski definition) is 2. The number of benzene rings is 1. The molecule has 0 aliphatic heterocycles. The van der Waals surface area contributed by atoms with Crippen molar-refractivity contribution in [2.24, 2.45) is 0 Å². The fourth-order valence-electron chi connectivity index (χ4n) is 1.47. The van der Waals surface area contributed by atoms with E-state index in [4.69, 9.17) is 5.11 Å². The van der Waals surface area contributed by atoms with Gasteiger partial charge in [-0.1, -0.05) is 13.3 Å². The third-order valence-corrected chi connectivity index (χ3v) is 3.26. The van der Waals surface area contributed by atoms with Gasteiger partial charge in [-0.25, -0.2) is 4.79 Å². The molecule has 0 radical (unpaired) electrons. The Bertz CT molecular complexity index is 464. The number of halogens is 1. The third-order valence-electron chi connectivity index (χ3n) is 2.37. The SMILES string of the molecule is CCCC(Nc1ccc([N+](=O)[O-])cc1I)C(=O)O. The Hall–Kier alpha value is -1.38. The van der Waals surface area contributed by atoms with Crippen molar-refractivity contribution in [1.82, 2.24) is 0 Å². The summed E-state index contributed by atoms with van der Waals surface area (Å²) in [4.78, 5) is 21.1. The Labute approximate surface area is 118 Å². The molecule has 2 N–H and O–H groups in total. The predicted octanol–water partition coefficient (Wildman–Crippen LogP) is 2.86. The number of nitrogens with zero attached hydrogens (tertiary/aromatic N) is 1. The third kappa shape index (κ3) is 3.83. The first-order chi connectivity index (χ1) is 8.45. The molecule has 1 aromatic carbocycles. The molecule has 0 heterocycles. The summed E-state index contributed by atoms with van der Waals surface area (Å²) >= 11 is 1.94. The Morgan fingerprint density at radius 1 is 1.61 bits per heavy atom. The van der Waals surface area contributed by atoms with Gasteiger partial charge in [-0.2, -0.15) is 0 Å². The summed E-state index contributed by atoms with van der Waals surface area (Å²) in [5, 5.41) is 22.5. The van der Waals surface area contributed by atoms with Crippen molar-refractivity contribution in [3.05, 3.63) is 31.9 Å². The monoisotopic (exact) mass is 364 g/mol. The van der Waals surface area contributed by atoms with Crippen LogP contribution in [0.15, 0.2) is 18.2 Å². The van der Waals surface area contributed by atoms with Crippen molar-refractivity contribution in [3.8, 4) is 0 Å². The van der Waals surface area contributed by atoms with E-state index in [1.54, 1.807) is 0 Å². The van der Waals surface area contributed by atoms with Crippen LogP contribution < -0.4 is 5.32 Å². The molecule has 1 rings (SSSR count). The second-order valence-corrected chi connectivity index (χ2v) is 4.91. The lowest BCUT2D eigenvalue weighted by Gasteiger charge is -2.15. The molecule has 1 atom stereocenters. The molecule has 0 fully saturated rings. The highest BCUT2D eigenvalue weighted by Gasteiger charge is 2.18. The predicted molar refractivity (Wildman–Crippen MR) is 75.8 cm³/mol. The fraction of sp³-hybridized carbons (Fsp3) is 0.364. The lowest BCUT2D eigenvalue weighted by atomic mass is 10.1. The van der Waals surface area contributed by atoms with Gasteiger partial charge in [0.15, 0.2) is 0 Å². The second kappa shape index (κ2) is 6.53. The minimum Gasteiger partial charge on any atom is -0.480 e. The van der Waals surface area contributed by atoms with Crippen molar-refractivity contribution in [2.45, 2.75) is 25.8 Å². The van der Waals surface area contributed by atoms with Gasteiger partial charge in [0.05, 0.1) is 4.92 Å². The van der Waals surface area contributed by atoms with Crippen molar-refractivity contribution in [3.63, 3.8) is 0 Å². The van der Waals surface area contributed by atoms with Crippen molar-refractivity contribution in [1.29, 1.82) is 0 Å². The molecule has 6 nitrogen and oxygen atoms in total. The molecule has 0 aromatic heterocycles. The number of nitro groups is 1. The van der Waals surface area contributed by atoms with Gasteiger partial charge in [-0.15, -0.1) is 0 Å². The number of hydrogen-bond acceptors (Lipinski definition) is 4. The molecule has 0 saturated carbocycles. The Kier molecular flexibility index (Phi) is 5.32. The van der Waals surface area contributed by atoms with Crippen molar-refractivity contribution < 1.29 is 14.8 Å². The zero-order valence-electron chi connectivity index (χ0n) is 9.72. The fourth-order valence-corrected chi connectivity index (χ4v) is 2.12. The van der Waals surface area contributed by atoms with E-state index in [-0.39, 0.29) is 5.69 Å². The maximum Gasteiger partial charge on any atom is 0.326 e. The Morgan fingerprint density at radius 2 is 2.28 bits per heavy atom. The van der Waals surface area contributed by atoms with E-state index in [1.165, 1.54) is 18.2 Å². The molecule has 18 heavy (non-hydrogen) atoms. The van der Waals surface area contributed by atoms with E-state index in [1.807, 2.05) is 29.5 Å². The van der Waals surface area contributed by atoms with Crippen LogP contribution in [0, 0.1) is 13.7 Å². The van der Waals surface area contributed by atoms with E-state index in [9.17, 15) is 14.9 Å². The van der Waals surface area contributed by atoms with Crippen LogP contribution in [0.5, 0.6) is 0 Å². The number of nitro benzene ring substituents is 1. The van der Waals surface area contributed by atoms with Crippen LogP contribution in [0.25, 0.3) is 0 Å². The summed E-state index contributed by atoms with van der Waals surface area (Å²) in [5.74, 6) is -0.925. The summed E-state index contributed by atoms with van der Waals surface area (Å²) in [6.45, 7) is 1.90. The number of carboxylic acids is 1. The first-order valence-corrected chi connectivity index (χ1v) is 6.46. The van der Waals surface area contributed by atoms with Gasteiger partial charge in [0.25, 0.3) is 5.69 Å². The van der Waals surface area contributed by atoms with Gasteiger partial charge in [0.2, 0.25) is 0 Å². The average Bonchev–Trinajstić information content (AvgIpc) is 2.30. The summed E-state index contributed by atoms with van der Waals surface area (Å²) in [5.41, 5.74) is 0.592.